The van der Waals surface area contributed by atoms with Crippen LogP contribution in [0.3, 0.4) is 0 Å². The van der Waals surface area contributed by atoms with Crippen LogP contribution in [0.5, 0.6) is 0 Å². The molecule has 104 valence electrons. The third-order valence-electron chi connectivity index (χ3n) is 3.04. The molecule has 2 heterocycles. The molecule has 0 aliphatic carbocycles. The van der Waals surface area contributed by atoms with Gasteiger partial charge >= 0.3 is 12.0 Å². The van der Waals surface area contributed by atoms with E-state index >= 15 is 0 Å². The van der Waals surface area contributed by atoms with Crippen molar-refractivity contribution in [2.24, 2.45) is 0 Å². The van der Waals surface area contributed by atoms with Crippen molar-refractivity contribution in [3.63, 3.8) is 0 Å². The van der Waals surface area contributed by atoms with E-state index < -0.39 is 43.2 Å². The van der Waals surface area contributed by atoms with Crippen LogP contribution in [-0.2, 0) is 4.74 Å². The second-order valence-electron chi connectivity index (χ2n) is 4.28. The van der Waals surface area contributed by atoms with Crippen LogP contribution in [0, 0.1) is 0 Å². The Morgan fingerprint density at radius 2 is 2.17 bits per heavy atom. The Labute approximate surface area is 101 Å². The van der Waals surface area contributed by atoms with Crippen molar-refractivity contribution in [1.29, 1.82) is 0 Å². The highest BCUT2D eigenvalue weighted by Crippen LogP contribution is 2.38. The van der Waals surface area contributed by atoms with Gasteiger partial charge in [0.1, 0.15) is 12.3 Å². The summed E-state index contributed by atoms with van der Waals surface area (Å²) in [7, 11) is 0. The molecule has 0 aromatic heterocycles. The molecule has 2 aliphatic heterocycles. The Morgan fingerprint density at radius 1 is 1.50 bits per heavy atom. The fourth-order valence-corrected chi connectivity index (χ4v) is 2.03. The number of ether oxygens (including phenoxy) is 1. The first-order valence-corrected chi connectivity index (χ1v) is 5.45. The number of alkyl halides is 2. The maximum Gasteiger partial charge on any atom is 0.321 e. The van der Waals surface area contributed by atoms with Gasteiger partial charge in [0.25, 0.3) is 0 Å². The lowest BCUT2D eigenvalue weighted by atomic mass is 10.1. The smallest absolute Gasteiger partial charge is 0.321 e. The van der Waals surface area contributed by atoms with E-state index in [-0.39, 0.29) is 13.0 Å². The third kappa shape index (κ3) is 2.03. The van der Waals surface area contributed by atoms with Crippen molar-refractivity contribution in [3.8, 4) is 0 Å². The first-order valence-electron chi connectivity index (χ1n) is 5.45. The number of urea groups is 1. The quantitative estimate of drug-likeness (QED) is 0.485. The van der Waals surface area contributed by atoms with Crippen LogP contribution in [0.15, 0.2) is 0 Å². The predicted octanol–water partition coefficient (Wildman–Crippen LogP) is -1.57. The van der Waals surface area contributed by atoms with E-state index in [1.165, 1.54) is 0 Å². The molecule has 2 rings (SSSR count). The standard InChI is InChI=1S/C9H14F2N2O5/c10-9(11)6(16)4(3-14)18-7(9)13-2-1-5(15)12-8(13)17/h4-7,14-16H,1-3H2,(H,12,17)/t4?,5-,6+,7?/m0/s1. The van der Waals surface area contributed by atoms with Gasteiger partial charge in [0.15, 0.2) is 6.10 Å². The molecule has 18 heavy (non-hydrogen) atoms. The summed E-state index contributed by atoms with van der Waals surface area (Å²) in [5, 5.41) is 29.3. The van der Waals surface area contributed by atoms with E-state index in [9.17, 15) is 18.7 Å². The van der Waals surface area contributed by atoms with Crippen molar-refractivity contribution >= 4 is 6.03 Å². The van der Waals surface area contributed by atoms with Gasteiger partial charge in [-0.05, 0) is 0 Å². The second kappa shape index (κ2) is 4.57. The van der Waals surface area contributed by atoms with Crippen LogP contribution in [0.2, 0.25) is 0 Å². The minimum absolute atomic E-state index is 0.0710. The summed E-state index contributed by atoms with van der Waals surface area (Å²) in [6, 6.07) is -0.899. The van der Waals surface area contributed by atoms with Crippen molar-refractivity contribution in [2.75, 3.05) is 13.2 Å². The fourth-order valence-electron chi connectivity index (χ4n) is 2.03. The van der Waals surface area contributed by atoms with E-state index in [2.05, 4.69) is 5.32 Å². The lowest BCUT2D eigenvalue weighted by molar-refractivity contribution is -0.159. The Hall–Kier alpha value is -1.03. The second-order valence-corrected chi connectivity index (χ2v) is 4.28. The lowest BCUT2D eigenvalue weighted by Gasteiger charge is -2.36. The molecule has 2 aliphatic rings. The molecular formula is C9H14F2N2O5. The van der Waals surface area contributed by atoms with Gasteiger partial charge in [0.2, 0.25) is 6.23 Å². The van der Waals surface area contributed by atoms with Gasteiger partial charge < -0.3 is 25.4 Å². The number of nitrogens with zero attached hydrogens (tertiary/aromatic N) is 1. The highest BCUT2D eigenvalue weighted by atomic mass is 19.3. The van der Waals surface area contributed by atoms with E-state index in [4.69, 9.17) is 14.9 Å². The van der Waals surface area contributed by atoms with Crippen molar-refractivity contribution < 1.29 is 33.6 Å². The molecule has 0 aromatic carbocycles. The molecule has 2 amide bonds. The number of nitrogens with one attached hydrogen (secondary N) is 1. The number of carbonyl (C=O) groups is 1. The van der Waals surface area contributed by atoms with Crippen LogP contribution in [0.1, 0.15) is 6.42 Å². The Kier molecular flexibility index (Phi) is 3.41. The molecule has 0 aromatic rings. The van der Waals surface area contributed by atoms with Gasteiger partial charge in [-0.25, -0.2) is 4.79 Å². The van der Waals surface area contributed by atoms with Gasteiger partial charge in [-0.15, -0.1) is 0 Å². The third-order valence-corrected chi connectivity index (χ3v) is 3.04. The van der Waals surface area contributed by atoms with Crippen molar-refractivity contribution in [2.45, 2.75) is 37.0 Å². The Balaban J connectivity index is 2.15. The zero-order chi connectivity index (χ0) is 13.5. The van der Waals surface area contributed by atoms with Crippen molar-refractivity contribution in [3.05, 3.63) is 0 Å². The molecule has 0 radical (unpaired) electrons. The largest absolute Gasteiger partial charge is 0.394 e. The summed E-state index contributed by atoms with van der Waals surface area (Å²) in [5.74, 6) is -3.67. The van der Waals surface area contributed by atoms with Crippen LogP contribution in [0.25, 0.3) is 0 Å². The minimum Gasteiger partial charge on any atom is -0.394 e. The van der Waals surface area contributed by atoms with Crippen LogP contribution < -0.4 is 5.32 Å². The summed E-state index contributed by atoms with van der Waals surface area (Å²) in [6.07, 6.45) is -6.57. The van der Waals surface area contributed by atoms with Gasteiger partial charge in [0.05, 0.1) is 6.61 Å². The minimum atomic E-state index is -3.67. The summed E-state index contributed by atoms with van der Waals surface area (Å²) in [6.45, 7) is -0.899. The SMILES string of the molecule is O=C1N[C@@H](O)CCN1C1OC(CO)[C@@H](O)C1(F)F. The Morgan fingerprint density at radius 3 is 2.67 bits per heavy atom. The monoisotopic (exact) mass is 268 g/mol. The Bertz CT molecular complexity index is 343. The van der Waals surface area contributed by atoms with E-state index in [1.807, 2.05) is 0 Å². The molecule has 2 fully saturated rings. The maximum atomic E-state index is 13.7. The summed E-state index contributed by atoms with van der Waals surface area (Å²) in [5.41, 5.74) is 0. The number of hydrogen-bond donors (Lipinski definition) is 4. The van der Waals surface area contributed by atoms with Gasteiger partial charge in [-0.1, -0.05) is 0 Å². The van der Waals surface area contributed by atoms with E-state index in [0.29, 0.717) is 4.90 Å². The topological polar surface area (TPSA) is 102 Å². The summed E-state index contributed by atoms with van der Waals surface area (Å²) >= 11 is 0. The zero-order valence-corrected chi connectivity index (χ0v) is 9.29. The molecule has 9 heteroatoms. The first kappa shape index (κ1) is 13.4. The summed E-state index contributed by atoms with van der Waals surface area (Å²) in [4.78, 5) is 12.2. The van der Waals surface area contributed by atoms with E-state index in [1.54, 1.807) is 0 Å². The van der Waals surface area contributed by atoms with Gasteiger partial charge in [-0.3, -0.25) is 4.90 Å². The molecular weight excluding hydrogens is 254 g/mol. The highest BCUT2D eigenvalue weighted by Gasteiger charge is 2.61. The van der Waals surface area contributed by atoms with Crippen LogP contribution in [0.4, 0.5) is 13.6 Å². The zero-order valence-electron chi connectivity index (χ0n) is 9.29. The number of halogens is 2. The van der Waals surface area contributed by atoms with Gasteiger partial charge in [-0.2, -0.15) is 8.78 Å². The number of amides is 2. The molecule has 4 atom stereocenters. The normalized spacial score (nSPS) is 39.8. The molecule has 4 N–H and O–H groups in total. The molecule has 0 saturated carbocycles. The first-order chi connectivity index (χ1) is 8.37. The molecule has 0 bridgehead atoms. The van der Waals surface area contributed by atoms with Crippen LogP contribution >= 0.6 is 0 Å². The number of carbonyl (C=O) groups excluding carboxylic acids is 1. The van der Waals surface area contributed by atoms with Crippen molar-refractivity contribution in [1.82, 2.24) is 10.2 Å². The number of rotatable bonds is 2. The predicted molar refractivity (Wildman–Crippen MR) is 52.6 cm³/mol. The lowest BCUT2D eigenvalue weighted by Crippen LogP contribution is -2.59. The molecule has 2 unspecified atom stereocenters. The number of hydrogen-bond acceptors (Lipinski definition) is 5. The molecule has 0 spiro atoms. The van der Waals surface area contributed by atoms with E-state index in [0.717, 1.165) is 0 Å². The fraction of sp³-hybridized carbons (Fsp3) is 0.889. The average molecular weight is 268 g/mol. The number of aliphatic hydroxyl groups excluding tert-OH is 3. The summed E-state index contributed by atoms with van der Waals surface area (Å²) < 4.78 is 32.3. The average Bonchev–Trinajstić information content (AvgIpc) is 2.52. The van der Waals surface area contributed by atoms with Gasteiger partial charge in [0, 0.05) is 13.0 Å². The van der Waals surface area contributed by atoms with Crippen LogP contribution in [-0.4, -0.2) is 70.0 Å². The maximum absolute atomic E-state index is 13.7. The molecule has 2 saturated heterocycles. The number of aliphatic hydroxyl groups is 3. The molecule has 7 nitrogen and oxygen atoms in total. The highest BCUT2D eigenvalue weighted by molar-refractivity contribution is 5.75.